The Morgan fingerprint density at radius 3 is 2.44 bits per heavy atom. The zero-order chi connectivity index (χ0) is 13.9. The van der Waals surface area contributed by atoms with Crippen molar-refractivity contribution in [3.05, 3.63) is 5.01 Å². The zero-order valence-electron chi connectivity index (χ0n) is 9.98. The summed E-state index contributed by atoms with van der Waals surface area (Å²) in [5, 5.41) is 5.54. The third kappa shape index (κ3) is 3.56. The van der Waals surface area contributed by atoms with Crippen LogP contribution in [-0.4, -0.2) is 35.9 Å². The molecule has 0 radical (unpaired) electrons. The lowest BCUT2D eigenvalue weighted by molar-refractivity contribution is -0.139. The van der Waals surface area contributed by atoms with E-state index in [4.69, 9.17) is 0 Å². The molecule has 0 aliphatic carbocycles. The Bertz CT molecular complexity index is 419. The molecular formula is C9H12F3N3O2S. The first kappa shape index (κ1) is 14.7. The van der Waals surface area contributed by atoms with E-state index in [1.54, 1.807) is 13.8 Å². The molecule has 1 rings (SSSR count). The summed E-state index contributed by atoms with van der Waals surface area (Å²) in [5.74, 6) is -0.549. The number of methoxy groups -OCH3 is 1. The van der Waals surface area contributed by atoms with Crippen molar-refractivity contribution < 1.29 is 22.7 Å². The van der Waals surface area contributed by atoms with Crippen LogP contribution in [0.15, 0.2) is 0 Å². The van der Waals surface area contributed by atoms with E-state index in [9.17, 15) is 18.0 Å². The zero-order valence-corrected chi connectivity index (χ0v) is 10.8. The van der Waals surface area contributed by atoms with Crippen molar-refractivity contribution in [2.45, 2.75) is 26.1 Å². The molecule has 18 heavy (non-hydrogen) atoms. The van der Waals surface area contributed by atoms with Crippen LogP contribution >= 0.6 is 11.3 Å². The predicted octanol–water partition coefficient (Wildman–Crippen LogP) is 1.94. The van der Waals surface area contributed by atoms with Crippen molar-refractivity contribution in [3.8, 4) is 0 Å². The van der Waals surface area contributed by atoms with Crippen molar-refractivity contribution in [3.63, 3.8) is 0 Å². The Hall–Kier alpha value is -1.38. The fraction of sp³-hybridized carbons (Fsp3) is 0.667. The van der Waals surface area contributed by atoms with Crippen LogP contribution < -0.4 is 4.90 Å². The summed E-state index contributed by atoms with van der Waals surface area (Å²) in [5.41, 5.74) is 0. The fourth-order valence-electron chi connectivity index (χ4n) is 1.12. The third-order valence-electron chi connectivity index (χ3n) is 2.05. The molecule has 9 heteroatoms. The van der Waals surface area contributed by atoms with Crippen LogP contribution in [0.25, 0.3) is 0 Å². The molecule has 0 unspecified atom stereocenters. The molecule has 0 aliphatic heterocycles. The Morgan fingerprint density at radius 1 is 1.44 bits per heavy atom. The first-order valence-electron chi connectivity index (χ1n) is 5.00. The first-order valence-corrected chi connectivity index (χ1v) is 5.81. The molecule has 0 atom stereocenters. The minimum atomic E-state index is -4.52. The van der Waals surface area contributed by atoms with Gasteiger partial charge in [-0.25, -0.2) is 0 Å². The van der Waals surface area contributed by atoms with Crippen molar-refractivity contribution in [1.82, 2.24) is 10.2 Å². The van der Waals surface area contributed by atoms with Gasteiger partial charge >= 0.3 is 12.1 Å². The molecule has 0 bridgehead atoms. The molecule has 1 aromatic heterocycles. The lowest BCUT2D eigenvalue weighted by atomic mass is 10.3. The second-order valence-corrected chi connectivity index (χ2v) is 4.64. The van der Waals surface area contributed by atoms with Crippen molar-refractivity contribution in [1.29, 1.82) is 0 Å². The summed E-state index contributed by atoms with van der Waals surface area (Å²) in [6, 6.07) is -0.196. The highest BCUT2D eigenvalue weighted by Crippen LogP contribution is 2.34. The summed E-state index contributed by atoms with van der Waals surface area (Å²) < 4.78 is 41.7. The van der Waals surface area contributed by atoms with E-state index in [1.165, 1.54) is 12.0 Å². The average Bonchev–Trinajstić information content (AvgIpc) is 2.73. The maximum absolute atomic E-state index is 12.4. The highest BCUT2D eigenvalue weighted by molar-refractivity contribution is 7.15. The number of hydrogen-bond acceptors (Lipinski definition) is 6. The van der Waals surface area contributed by atoms with Crippen LogP contribution in [0.2, 0.25) is 0 Å². The van der Waals surface area contributed by atoms with Gasteiger partial charge in [0.2, 0.25) is 10.1 Å². The van der Waals surface area contributed by atoms with E-state index in [1.807, 2.05) is 0 Å². The number of halogens is 3. The molecule has 1 aromatic rings. The van der Waals surface area contributed by atoms with Gasteiger partial charge in [-0.1, -0.05) is 11.3 Å². The van der Waals surface area contributed by atoms with Crippen LogP contribution in [0.3, 0.4) is 0 Å². The number of hydrogen-bond donors (Lipinski definition) is 0. The number of carbonyl (C=O) groups excluding carboxylic acids is 1. The SMILES string of the molecule is COC(=O)CN(c1nnc(C(F)(F)F)s1)C(C)C. The van der Waals surface area contributed by atoms with Gasteiger partial charge in [-0.15, -0.1) is 10.2 Å². The second kappa shape index (κ2) is 5.51. The molecule has 0 aromatic carbocycles. The largest absolute Gasteiger partial charge is 0.468 e. The standard InChI is InChI=1S/C9H12F3N3O2S/c1-5(2)15(4-6(16)17-3)8-14-13-7(18-8)9(10,11)12/h5H,4H2,1-3H3. The summed E-state index contributed by atoms with van der Waals surface area (Å²) >= 11 is 0.400. The number of nitrogens with zero attached hydrogens (tertiary/aromatic N) is 3. The number of aromatic nitrogens is 2. The molecular weight excluding hydrogens is 271 g/mol. The molecule has 0 aliphatic rings. The molecule has 102 valence electrons. The molecule has 5 nitrogen and oxygen atoms in total. The normalized spacial score (nSPS) is 11.7. The minimum Gasteiger partial charge on any atom is -0.468 e. The lowest BCUT2D eigenvalue weighted by Gasteiger charge is -2.23. The van der Waals surface area contributed by atoms with Gasteiger partial charge in [0.05, 0.1) is 7.11 Å². The molecule has 0 saturated carbocycles. The Balaban J connectivity index is 2.93. The molecule has 1 heterocycles. The summed E-state index contributed by atoms with van der Waals surface area (Å²) in [6.07, 6.45) is -4.52. The summed E-state index contributed by atoms with van der Waals surface area (Å²) in [6.45, 7) is 3.30. The summed E-state index contributed by atoms with van der Waals surface area (Å²) in [7, 11) is 1.21. The van der Waals surface area contributed by atoms with E-state index >= 15 is 0 Å². The molecule has 0 spiro atoms. The van der Waals surface area contributed by atoms with Gasteiger partial charge in [0.25, 0.3) is 0 Å². The fourth-order valence-corrected chi connectivity index (χ4v) is 1.97. The second-order valence-electron chi connectivity index (χ2n) is 3.69. The van der Waals surface area contributed by atoms with Gasteiger partial charge in [0.15, 0.2) is 0 Å². The highest BCUT2D eigenvalue weighted by atomic mass is 32.1. The van der Waals surface area contributed by atoms with Gasteiger partial charge in [0.1, 0.15) is 6.54 Å². The van der Waals surface area contributed by atoms with Gasteiger partial charge < -0.3 is 9.64 Å². The number of anilines is 1. The van der Waals surface area contributed by atoms with E-state index in [-0.39, 0.29) is 17.7 Å². The lowest BCUT2D eigenvalue weighted by Crippen LogP contribution is -2.36. The van der Waals surface area contributed by atoms with Gasteiger partial charge in [-0.2, -0.15) is 13.2 Å². The smallest absolute Gasteiger partial charge is 0.445 e. The molecule has 0 fully saturated rings. The predicted molar refractivity (Wildman–Crippen MR) is 59.4 cm³/mol. The topological polar surface area (TPSA) is 55.3 Å². The molecule has 0 N–H and O–H groups in total. The maximum atomic E-state index is 12.4. The highest BCUT2D eigenvalue weighted by Gasteiger charge is 2.36. The van der Waals surface area contributed by atoms with E-state index in [0.29, 0.717) is 11.3 Å². The van der Waals surface area contributed by atoms with E-state index in [0.717, 1.165) is 0 Å². The third-order valence-corrected chi connectivity index (χ3v) is 3.06. The Kier molecular flexibility index (Phi) is 4.49. The first-order chi connectivity index (χ1) is 8.25. The van der Waals surface area contributed by atoms with Crippen LogP contribution in [0.5, 0.6) is 0 Å². The van der Waals surface area contributed by atoms with Crippen LogP contribution in [0.4, 0.5) is 18.3 Å². The molecule has 0 amide bonds. The quantitative estimate of drug-likeness (QED) is 0.790. The number of rotatable bonds is 4. The van der Waals surface area contributed by atoms with E-state index in [2.05, 4.69) is 14.9 Å². The number of alkyl halides is 3. The van der Waals surface area contributed by atoms with E-state index < -0.39 is 17.2 Å². The maximum Gasteiger partial charge on any atom is 0.445 e. The van der Waals surface area contributed by atoms with Crippen molar-refractivity contribution >= 4 is 22.4 Å². The molecule has 0 saturated heterocycles. The van der Waals surface area contributed by atoms with Crippen LogP contribution in [0.1, 0.15) is 18.9 Å². The Morgan fingerprint density at radius 2 is 2.06 bits per heavy atom. The van der Waals surface area contributed by atoms with Crippen molar-refractivity contribution in [2.24, 2.45) is 0 Å². The Labute approximate surface area is 106 Å². The van der Waals surface area contributed by atoms with Crippen LogP contribution in [-0.2, 0) is 15.7 Å². The number of carbonyl (C=O) groups is 1. The summed E-state index contributed by atoms with van der Waals surface area (Å²) in [4.78, 5) is 12.6. The van der Waals surface area contributed by atoms with Gasteiger partial charge in [-0.05, 0) is 13.8 Å². The monoisotopic (exact) mass is 283 g/mol. The average molecular weight is 283 g/mol. The van der Waals surface area contributed by atoms with Gasteiger partial charge in [-0.3, -0.25) is 4.79 Å². The van der Waals surface area contributed by atoms with Crippen molar-refractivity contribution in [2.75, 3.05) is 18.6 Å². The minimum absolute atomic E-state index is 0.0442. The van der Waals surface area contributed by atoms with Gasteiger partial charge in [0, 0.05) is 6.04 Å². The number of ether oxygens (including phenoxy) is 1. The number of esters is 1. The van der Waals surface area contributed by atoms with Crippen LogP contribution in [0, 0.1) is 0 Å².